The van der Waals surface area contributed by atoms with Crippen LogP contribution in [-0.2, 0) is 19.9 Å². The molecule has 0 radical (unpaired) electrons. The number of aromatic nitrogens is 2. The van der Waals surface area contributed by atoms with Crippen LogP contribution in [0, 0.1) is 17.6 Å². The van der Waals surface area contributed by atoms with E-state index in [2.05, 4.69) is 16.1 Å². The Kier molecular flexibility index (Phi) is 5.06. The second-order valence-electron chi connectivity index (χ2n) is 6.43. The predicted octanol–water partition coefficient (Wildman–Crippen LogP) is 3.20. The predicted molar refractivity (Wildman–Crippen MR) is 86.1 cm³/mol. The Bertz CT molecular complexity index is 645. The van der Waals surface area contributed by atoms with Crippen molar-refractivity contribution in [3.8, 4) is 0 Å². The molecule has 1 aromatic heterocycles. The molecule has 124 valence electrons. The maximum absolute atomic E-state index is 13.3. The van der Waals surface area contributed by atoms with Crippen molar-refractivity contribution in [1.82, 2.24) is 14.7 Å². The third-order valence-corrected chi connectivity index (χ3v) is 4.82. The molecule has 0 unspecified atom stereocenters. The molecule has 1 aromatic carbocycles. The monoisotopic (exact) mass is 319 g/mol. The van der Waals surface area contributed by atoms with Crippen LogP contribution >= 0.6 is 0 Å². The van der Waals surface area contributed by atoms with Crippen LogP contribution in [0.15, 0.2) is 30.5 Å². The SMILES string of the molecule is Cn1nccc1CCN1CCC(Cc2ccc(F)c(F)c2)CC1. The Morgan fingerprint density at radius 1 is 1.13 bits per heavy atom. The van der Waals surface area contributed by atoms with Gasteiger partial charge >= 0.3 is 0 Å². The van der Waals surface area contributed by atoms with Crippen molar-refractivity contribution in [2.45, 2.75) is 25.7 Å². The third kappa shape index (κ3) is 4.16. The molecule has 0 amide bonds. The molecule has 1 aliphatic heterocycles. The van der Waals surface area contributed by atoms with Gasteiger partial charge in [-0.15, -0.1) is 0 Å². The number of likely N-dealkylation sites (tertiary alicyclic amines) is 1. The van der Waals surface area contributed by atoms with Crippen LogP contribution in [0.2, 0.25) is 0 Å². The molecule has 3 rings (SSSR count). The van der Waals surface area contributed by atoms with Gasteiger partial charge in [-0.25, -0.2) is 8.78 Å². The molecule has 1 fully saturated rings. The molecule has 0 saturated carbocycles. The van der Waals surface area contributed by atoms with Crippen molar-refractivity contribution in [2.75, 3.05) is 19.6 Å². The maximum Gasteiger partial charge on any atom is 0.159 e. The number of nitrogens with zero attached hydrogens (tertiary/aromatic N) is 3. The van der Waals surface area contributed by atoms with Crippen molar-refractivity contribution < 1.29 is 8.78 Å². The summed E-state index contributed by atoms with van der Waals surface area (Å²) in [5.74, 6) is -0.942. The van der Waals surface area contributed by atoms with E-state index in [4.69, 9.17) is 0 Å². The topological polar surface area (TPSA) is 21.1 Å². The molecule has 1 saturated heterocycles. The van der Waals surface area contributed by atoms with E-state index in [1.165, 1.54) is 17.8 Å². The van der Waals surface area contributed by atoms with Gasteiger partial charge in [0.2, 0.25) is 0 Å². The van der Waals surface area contributed by atoms with Crippen molar-refractivity contribution in [3.63, 3.8) is 0 Å². The van der Waals surface area contributed by atoms with Gasteiger partial charge in [0, 0.05) is 31.9 Å². The van der Waals surface area contributed by atoms with Gasteiger partial charge in [-0.2, -0.15) is 5.10 Å². The fourth-order valence-electron chi connectivity index (χ4n) is 3.33. The van der Waals surface area contributed by atoms with Gasteiger partial charge in [0.05, 0.1) is 0 Å². The second-order valence-corrected chi connectivity index (χ2v) is 6.43. The largest absolute Gasteiger partial charge is 0.303 e. The van der Waals surface area contributed by atoms with Crippen LogP contribution in [0.5, 0.6) is 0 Å². The molecule has 3 nitrogen and oxygen atoms in total. The number of benzene rings is 1. The van der Waals surface area contributed by atoms with Crippen molar-refractivity contribution in [1.29, 1.82) is 0 Å². The van der Waals surface area contributed by atoms with E-state index in [0.717, 1.165) is 50.9 Å². The summed E-state index contributed by atoms with van der Waals surface area (Å²) in [6.45, 7) is 3.20. The van der Waals surface area contributed by atoms with Gasteiger partial charge in [-0.3, -0.25) is 4.68 Å². The van der Waals surface area contributed by atoms with E-state index in [-0.39, 0.29) is 0 Å². The van der Waals surface area contributed by atoms with Gasteiger partial charge in [-0.05, 0) is 62.0 Å². The summed E-state index contributed by atoms with van der Waals surface area (Å²) in [6.07, 6.45) is 5.93. The van der Waals surface area contributed by atoms with Gasteiger partial charge in [0.15, 0.2) is 11.6 Å². The number of rotatable bonds is 5. The van der Waals surface area contributed by atoms with Crippen LogP contribution in [0.4, 0.5) is 8.78 Å². The number of hydrogen-bond acceptors (Lipinski definition) is 2. The van der Waals surface area contributed by atoms with Crippen molar-refractivity contribution in [3.05, 3.63) is 53.4 Å². The average Bonchev–Trinajstić information content (AvgIpc) is 2.95. The normalized spacial score (nSPS) is 16.8. The zero-order valence-electron chi connectivity index (χ0n) is 13.5. The van der Waals surface area contributed by atoms with E-state index in [1.807, 2.05) is 17.9 Å². The van der Waals surface area contributed by atoms with Crippen LogP contribution in [-0.4, -0.2) is 34.3 Å². The zero-order chi connectivity index (χ0) is 16.2. The second kappa shape index (κ2) is 7.21. The van der Waals surface area contributed by atoms with E-state index < -0.39 is 11.6 Å². The summed E-state index contributed by atoms with van der Waals surface area (Å²) in [5, 5.41) is 4.19. The van der Waals surface area contributed by atoms with E-state index in [1.54, 1.807) is 6.07 Å². The highest BCUT2D eigenvalue weighted by Crippen LogP contribution is 2.22. The molecule has 1 aliphatic rings. The number of halogens is 2. The first-order chi connectivity index (χ1) is 11.1. The number of aryl methyl sites for hydroxylation is 1. The molecular weight excluding hydrogens is 296 g/mol. The Morgan fingerprint density at radius 3 is 2.57 bits per heavy atom. The smallest absolute Gasteiger partial charge is 0.159 e. The van der Waals surface area contributed by atoms with Crippen LogP contribution in [0.25, 0.3) is 0 Å². The molecule has 5 heteroatoms. The summed E-state index contributed by atoms with van der Waals surface area (Å²) in [7, 11) is 1.98. The number of piperidine rings is 1. The zero-order valence-corrected chi connectivity index (χ0v) is 13.5. The van der Waals surface area contributed by atoms with Crippen LogP contribution in [0.1, 0.15) is 24.1 Å². The fourth-order valence-corrected chi connectivity index (χ4v) is 3.33. The lowest BCUT2D eigenvalue weighted by Gasteiger charge is -2.32. The van der Waals surface area contributed by atoms with E-state index in [9.17, 15) is 8.78 Å². The standard InChI is InChI=1S/C18H23F2N3/c1-22-16(4-8-21-22)7-11-23-9-5-14(6-10-23)12-15-2-3-17(19)18(20)13-15/h2-4,8,13-14H,5-7,9-12H2,1H3. The van der Waals surface area contributed by atoms with Crippen molar-refractivity contribution >= 4 is 0 Å². The Balaban J connectivity index is 1.45. The van der Waals surface area contributed by atoms with Gasteiger partial charge in [0.1, 0.15) is 0 Å². The van der Waals surface area contributed by atoms with Gasteiger partial charge < -0.3 is 4.90 Å². The summed E-state index contributed by atoms with van der Waals surface area (Å²) < 4.78 is 28.2. The molecule has 0 aliphatic carbocycles. The highest BCUT2D eigenvalue weighted by Gasteiger charge is 2.20. The highest BCUT2D eigenvalue weighted by atomic mass is 19.2. The summed E-state index contributed by atoms with van der Waals surface area (Å²) in [6, 6.07) is 6.33. The molecule has 2 heterocycles. The fraction of sp³-hybridized carbons (Fsp3) is 0.500. The Labute approximate surface area is 135 Å². The molecule has 0 bridgehead atoms. The lowest BCUT2D eigenvalue weighted by atomic mass is 9.90. The highest BCUT2D eigenvalue weighted by molar-refractivity contribution is 5.18. The third-order valence-electron chi connectivity index (χ3n) is 4.82. The van der Waals surface area contributed by atoms with Crippen molar-refractivity contribution in [2.24, 2.45) is 13.0 Å². The molecule has 0 spiro atoms. The lowest BCUT2D eigenvalue weighted by molar-refractivity contribution is 0.185. The first-order valence-electron chi connectivity index (χ1n) is 8.25. The minimum Gasteiger partial charge on any atom is -0.303 e. The average molecular weight is 319 g/mol. The Morgan fingerprint density at radius 2 is 1.91 bits per heavy atom. The van der Waals surface area contributed by atoms with E-state index in [0.29, 0.717) is 5.92 Å². The molecular formula is C18H23F2N3. The Hall–Kier alpha value is -1.75. The first kappa shape index (κ1) is 16.1. The molecule has 0 atom stereocenters. The minimum absolute atomic E-state index is 0.563. The van der Waals surface area contributed by atoms with Gasteiger partial charge in [0.25, 0.3) is 0 Å². The molecule has 2 aromatic rings. The van der Waals surface area contributed by atoms with Crippen LogP contribution < -0.4 is 0 Å². The lowest BCUT2D eigenvalue weighted by Crippen LogP contribution is -2.35. The summed E-state index contributed by atoms with van der Waals surface area (Å²) >= 11 is 0. The summed E-state index contributed by atoms with van der Waals surface area (Å²) in [4.78, 5) is 2.48. The summed E-state index contributed by atoms with van der Waals surface area (Å²) in [5.41, 5.74) is 2.16. The van der Waals surface area contributed by atoms with Crippen LogP contribution in [0.3, 0.4) is 0 Å². The maximum atomic E-state index is 13.3. The number of hydrogen-bond donors (Lipinski definition) is 0. The van der Waals surface area contributed by atoms with Gasteiger partial charge in [-0.1, -0.05) is 6.07 Å². The quantitative estimate of drug-likeness (QED) is 0.844. The minimum atomic E-state index is -0.765. The van der Waals surface area contributed by atoms with E-state index >= 15 is 0 Å². The first-order valence-corrected chi connectivity index (χ1v) is 8.25. The molecule has 23 heavy (non-hydrogen) atoms. The molecule has 0 N–H and O–H groups in total.